The topological polar surface area (TPSA) is 78.4 Å². The highest BCUT2D eigenvalue weighted by Gasteiger charge is 2.22. The van der Waals surface area contributed by atoms with Gasteiger partial charge in [0.2, 0.25) is 5.01 Å². The minimum absolute atomic E-state index is 0.0182. The standard InChI is InChI=1S/C23H23ClFN5O2S/c24-18-4-1-3-17(13-18)23(32)30-10-2-9-29(11-12-30)15-20-27-28-22(33-20)21(31)26-14-16-5-7-19(25)8-6-16/h1,3-8,13H,2,9-12,14-15H2,(H,26,31). The molecule has 33 heavy (non-hydrogen) atoms. The number of nitrogens with zero attached hydrogens (tertiary/aromatic N) is 4. The van der Waals surface area contributed by atoms with Crippen LogP contribution < -0.4 is 5.32 Å². The second-order valence-corrected chi connectivity index (χ2v) is 9.24. The highest BCUT2D eigenvalue weighted by atomic mass is 35.5. The van der Waals surface area contributed by atoms with Gasteiger partial charge in [0.05, 0.1) is 6.54 Å². The van der Waals surface area contributed by atoms with Crippen molar-refractivity contribution in [1.82, 2.24) is 25.3 Å². The smallest absolute Gasteiger partial charge is 0.282 e. The third-order valence-electron chi connectivity index (χ3n) is 5.33. The molecule has 1 saturated heterocycles. The van der Waals surface area contributed by atoms with Crippen molar-refractivity contribution in [1.29, 1.82) is 0 Å². The van der Waals surface area contributed by atoms with Gasteiger partial charge in [-0.1, -0.05) is 41.1 Å². The molecule has 7 nitrogen and oxygen atoms in total. The Bertz CT molecular complexity index is 1120. The number of carbonyl (C=O) groups is 2. The van der Waals surface area contributed by atoms with Gasteiger partial charge in [-0.2, -0.15) is 0 Å². The minimum atomic E-state index is -0.315. The van der Waals surface area contributed by atoms with Crippen molar-refractivity contribution >= 4 is 34.8 Å². The van der Waals surface area contributed by atoms with Crippen molar-refractivity contribution in [3.63, 3.8) is 0 Å². The number of hydrogen-bond donors (Lipinski definition) is 1. The van der Waals surface area contributed by atoms with Crippen molar-refractivity contribution in [2.45, 2.75) is 19.5 Å². The van der Waals surface area contributed by atoms with Gasteiger partial charge in [-0.25, -0.2) is 4.39 Å². The highest BCUT2D eigenvalue weighted by Crippen LogP contribution is 2.17. The van der Waals surface area contributed by atoms with E-state index in [0.29, 0.717) is 41.8 Å². The Morgan fingerprint density at radius 2 is 1.88 bits per heavy atom. The third-order valence-corrected chi connectivity index (χ3v) is 6.48. The molecule has 0 atom stereocenters. The lowest BCUT2D eigenvalue weighted by Gasteiger charge is -2.21. The van der Waals surface area contributed by atoms with Crippen molar-refractivity contribution in [2.75, 3.05) is 26.2 Å². The number of benzene rings is 2. The monoisotopic (exact) mass is 487 g/mol. The van der Waals surface area contributed by atoms with Gasteiger partial charge in [0.1, 0.15) is 10.8 Å². The van der Waals surface area contributed by atoms with E-state index in [0.717, 1.165) is 23.5 Å². The van der Waals surface area contributed by atoms with Crippen LogP contribution in [-0.2, 0) is 13.1 Å². The van der Waals surface area contributed by atoms with Crippen molar-refractivity contribution in [2.24, 2.45) is 0 Å². The second-order valence-electron chi connectivity index (χ2n) is 7.74. The van der Waals surface area contributed by atoms with Crippen LogP contribution >= 0.6 is 22.9 Å². The normalized spacial score (nSPS) is 14.7. The molecule has 1 aliphatic heterocycles. The minimum Gasteiger partial charge on any atom is -0.346 e. The number of aromatic nitrogens is 2. The second kappa shape index (κ2) is 10.8. The van der Waals surface area contributed by atoms with Gasteiger partial charge in [0, 0.05) is 43.3 Å². The Labute approximate surface area is 200 Å². The fourth-order valence-corrected chi connectivity index (χ4v) is 4.59. The lowest BCUT2D eigenvalue weighted by Crippen LogP contribution is -2.35. The predicted molar refractivity (Wildman–Crippen MR) is 125 cm³/mol. The summed E-state index contributed by atoms with van der Waals surface area (Å²) < 4.78 is 13.0. The Hall–Kier alpha value is -2.88. The quantitative estimate of drug-likeness (QED) is 0.574. The van der Waals surface area contributed by atoms with E-state index in [2.05, 4.69) is 20.4 Å². The molecule has 0 radical (unpaired) electrons. The van der Waals surface area contributed by atoms with Gasteiger partial charge in [-0.3, -0.25) is 14.5 Å². The molecule has 172 valence electrons. The maximum Gasteiger partial charge on any atom is 0.282 e. The van der Waals surface area contributed by atoms with Gasteiger partial charge in [0.25, 0.3) is 11.8 Å². The van der Waals surface area contributed by atoms with Crippen LogP contribution in [0.25, 0.3) is 0 Å². The van der Waals surface area contributed by atoms with E-state index in [-0.39, 0.29) is 24.2 Å². The van der Waals surface area contributed by atoms with Gasteiger partial charge in [-0.05, 0) is 42.3 Å². The molecule has 10 heteroatoms. The summed E-state index contributed by atoms with van der Waals surface area (Å²) in [5.41, 5.74) is 1.40. The van der Waals surface area contributed by atoms with Crippen LogP contribution in [0.15, 0.2) is 48.5 Å². The summed E-state index contributed by atoms with van der Waals surface area (Å²) in [6.07, 6.45) is 0.843. The average molecular weight is 488 g/mol. The Balaban J connectivity index is 1.28. The summed E-state index contributed by atoms with van der Waals surface area (Å²) in [7, 11) is 0. The molecule has 2 aromatic carbocycles. The number of carbonyl (C=O) groups excluding carboxylic acids is 2. The summed E-state index contributed by atoms with van der Waals surface area (Å²) in [6.45, 7) is 3.67. The fraction of sp³-hybridized carbons (Fsp3) is 0.304. The van der Waals surface area contributed by atoms with E-state index >= 15 is 0 Å². The molecule has 0 spiro atoms. The average Bonchev–Trinajstić information content (AvgIpc) is 3.16. The summed E-state index contributed by atoms with van der Waals surface area (Å²) >= 11 is 7.27. The third kappa shape index (κ3) is 6.34. The van der Waals surface area contributed by atoms with Crippen LogP contribution in [0.5, 0.6) is 0 Å². The molecular formula is C23H23ClFN5O2S. The van der Waals surface area contributed by atoms with E-state index in [1.165, 1.54) is 23.5 Å². The van der Waals surface area contributed by atoms with Crippen LogP contribution in [-0.4, -0.2) is 58.0 Å². The van der Waals surface area contributed by atoms with Gasteiger partial charge in [0.15, 0.2) is 0 Å². The Kier molecular flexibility index (Phi) is 7.64. The molecule has 1 fully saturated rings. The first-order chi connectivity index (χ1) is 16.0. The highest BCUT2D eigenvalue weighted by molar-refractivity contribution is 7.13. The first-order valence-electron chi connectivity index (χ1n) is 10.6. The zero-order chi connectivity index (χ0) is 23.2. The first kappa shape index (κ1) is 23.3. The zero-order valence-corrected chi connectivity index (χ0v) is 19.4. The van der Waals surface area contributed by atoms with Gasteiger partial charge in [-0.15, -0.1) is 10.2 Å². The summed E-state index contributed by atoms with van der Waals surface area (Å²) in [4.78, 5) is 29.2. The molecule has 4 rings (SSSR count). The molecule has 2 amide bonds. The molecule has 0 unspecified atom stereocenters. The largest absolute Gasteiger partial charge is 0.346 e. The van der Waals surface area contributed by atoms with Crippen molar-refractivity contribution in [3.05, 3.63) is 80.5 Å². The summed E-state index contributed by atoms with van der Waals surface area (Å²) in [5.74, 6) is -0.642. The molecular weight excluding hydrogens is 465 g/mol. The van der Waals surface area contributed by atoms with E-state index in [4.69, 9.17) is 11.6 Å². The van der Waals surface area contributed by atoms with E-state index < -0.39 is 0 Å². The van der Waals surface area contributed by atoms with Crippen LogP contribution in [0, 0.1) is 5.82 Å². The number of nitrogens with one attached hydrogen (secondary N) is 1. The van der Waals surface area contributed by atoms with Crippen molar-refractivity contribution < 1.29 is 14.0 Å². The van der Waals surface area contributed by atoms with E-state index in [1.54, 1.807) is 36.4 Å². The van der Waals surface area contributed by atoms with Crippen LogP contribution in [0.1, 0.15) is 37.2 Å². The molecule has 1 aliphatic rings. The molecule has 0 aliphatic carbocycles. The lowest BCUT2D eigenvalue weighted by molar-refractivity contribution is 0.0761. The number of hydrogen-bond acceptors (Lipinski definition) is 6. The number of halogens is 2. The van der Waals surface area contributed by atoms with E-state index in [1.807, 2.05) is 4.90 Å². The van der Waals surface area contributed by atoms with Crippen LogP contribution in [0.4, 0.5) is 4.39 Å². The summed E-state index contributed by atoms with van der Waals surface area (Å²) in [6, 6.07) is 13.0. The maximum atomic E-state index is 13.0. The summed E-state index contributed by atoms with van der Waals surface area (Å²) in [5, 5.41) is 12.5. The SMILES string of the molecule is O=C(NCc1ccc(F)cc1)c1nnc(CN2CCCN(C(=O)c3cccc(Cl)c3)CC2)s1. The molecule has 1 aromatic heterocycles. The van der Waals surface area contributed by atoms with Crippen LogP contribution in [0.2, 0.25) is 5.02 Å². The van der Waals surface area contributed by atoms with Gasteiger partial charge < -0.3 is 10.2 Å². The van der Waals surface area contributed by atoms with E-state index in [9.17, 15) is 14.0 Å². The molecule has 0 saturated carbocycles. The molecule has 2 heterocycles. The van der Waals surface area contributed by atoms with Gasteiger partial charge >= 0.3 is 0 Å². The van der Waals surface area contributed by atoms with Crippen molar-refractivity contribution in [3.8, 4) is 0 Å². The number of amides is 2. The molecule has 1 N–H and O–H groups in total. The Morgan fingerprint density at radius 3 is 2.67 bits per heavy atom. The maximum absolute atomic E-state index is 13.0. The molecule has 0 bridgehead atoms. The first-order valence-corrected chi connectivity index (χ1v) is 11.8. The molecule has 3 aromatic rings. The van der Waals surface area contributed by atoms with Crippen LogP contribution in [0.3, 0.4) is 0 Å². The number of rotatable bonds is 6. The predicted octanol–water partition coefficient (Wildman–Crippen LogP) is 3.61. The zero-order valence-electron chi connectivity index (χ0n) is 17.8. The Morgan fingerprint density at radius 1 is 1.06 bits per heavy atom. The lowest BCUT2D eigenvalue weighted by atomic mass is 10.2. The fourth-order valence-electron chi connectivity index (χ4n) is 3.60.